The van der Waals surface area contributed by atoms with Gasteiger partial charge in [0.2, 0.25) is 18.3 Å². The molecule has 35 heavy (non-hydrogen) atoms. The van der Waals surface area contributed by atoms with Crippen LogP contribution in [-0.4, -0.2) is 66.0 Å². The number of nitrogens with zero attached hydrogens (tertiary/aromatic N) is 4. The number of hydrogen-bond acceptors (Lipinski definition) is 7. The highest BCUT2D eigenvalue weighted by Gasteiger charge is 2.21. The van der Waals surface area contributed by atoms with Crippen molar-refractivity contribution in [1.82, 2.24) is 20.2 Å². The number of amides is 2. The highest BCUT2D eigenvalue weighted by molar-refractivity contribution is 5.95. The van der Waals surface area contributed by atoms with Crippen LogP contribution in [0.3, 0.4) is 0 Å². The van der Waals surface area contributed by atoms with Crippen LogP contribution in [0.1, 0.15) is 12.8 Å². The minimum Gasteiger partial charge on any atom is -0.368 e. The van der Waals surface area contributed by atoms with E-state index < -0.39 is 0 Å². The third kappa shape index (κ3) is 5.58. The van der Waals surface area contributed by atoms with Crippen LogP contribution in [0.5, 0.6) is 0 Å². The van der Waals surface area contributed by atoms with Crippen LogP contribution in [0.15, 0.2) is 60.8 Å². The third-order valence-electron chi connectivity index (χ3n) is 6.43. The first-order valence-corrected chi connectivity index (χ1v) is 12.0. The molecule has 180 valence electrons. The first-order chi connectivity index (χ1) is 17.2. The number of carbonyl (C=O) groups excluding carboxylic acids is 2. The van der Waals surface area contributed by atoms with Crippen molar-refractivity contribution in [3.63, 3.8) is 0 Å². The first kappa shape index (κ1) is 22.8. The molecular weight excluding hydrogens is 442 g/mol. The summed E-state index contributed by atoms with van der Waals surface area (Å²) in [5, 5.41) is 9.45. The Morgan fingerprint density at radius 1 is 0.971 bits per heavy atom. The molecule has 2 aliphatic heterocycles. The second-order valence-electron chi connectivity index (χ2n) is 8.78. The quantitative estimate of drug-likeness (QED) is 0.456. The van der Waals surface area contributed by atoms with Gasteiger partial charge in [-0.3, -0.25) is 9.59 Å². The number of rotatable bonds is 7. The molecule has 2 fully saturated rings. The topological polar surface area (TPSA) is 102 Å². The molecule has 2 aromatic carbocycles. The highest BCUT2D eigenvalue weighted by Crippen LogP contribution is 2.24. The molecule has 2 saturated heterocycles. The van der Waals surface area contributed by atoms with Crippen LogP contribution >= 0.6 is 0 Å². The summed E-state index contributed by atoms with van der Waals surface area (Å²) in [7, 11) is 0. The van der Waals surface area contributed by atoms with Gasteiger partial charge < -0.3 is 25.8 Å². The van der Waals surface area contributed by atoms with Crippen LogP contribution < -0.4 is 20.9 Å². The van der Waals surface area contributed by atoms with E-state index in [-0.39, 0.29) is 11.9 Å². The molecule has 0 saturated carbocycles. The fraction of sp³-hybridized carbons (Fsp3) is 0.308. The number of hydrogen-bond donors (Lipinski definition) is 3. The van der Waals surface area contributed by atoms with Crippen molar-refractivity contribution in [2.75, 3.05) is 48.3 Å². The van der Waals surface area contributed by atoms with Crippen LogP contribution in [-0.2, 0) is 9.59 Å². The summed E-state index contributed by atoms with van der Waals surface area (Å²) in [5.74, 6) is 0.526. The molecule has 2 aliphatic rings. The van der Waals surface area contributed by atoms with E-state index in [1.165, 1.54) is 0 Å². The van der Waals surface area contributed by atoms with Crippen molar-refractivity contribution >= 4 is 35.3 Å². The van der Waals surface area contributed by atoms with E-state index in [9.17, 15) is 9.59 Å². The van der Waals surface area contributed by atoms with Crippen molar-refractivity contribution in [1.29, 1.82) is 0 Å². The number of aromatic nitrogens is 2. The molecule has 2 amide bonds. The zero-order valence-electron chi connectivity index (χ0n) is 19.5. The Morgan fingerprint density at radius 2 is 1.71 bits per heavy atom. The number of piperazine rings is 1. The van der Waals surface area contributed by atoms with Crippen LogP contribution in [0.25, 0.3) is 11.3 Å². The average Bonchev–Trinajstić information content (AvgIpc) is 3.45. The van der Waals surface area contributed by atoms with Gasteiger partial charge in [-0.25, -0.2) is 9.97 Å². The van der Waals surface area contributed by atoms with Crippen molar-refractivity contribution in [3.8, 4) is 11.3 Å². The molecule has 0 bridgehead atoms. The largest absolute Gasteiger partial charge is 0.368 e. The molecule has 1 aromatic heterocycles. The highest BCUT2D eigenvalue weighted by atomic mass is 16.2. The molecule has 3 N–H and O–H groups in total. The van der Waals surface area contributed by atoms with Crippen LogP contribution in [0.2, 0.25) is 0 Å². The van der Waals surface area contributed by atoms with Gasteiger partial charge in [0.25, 0.3) is 0 Å². The summed E-state index contributed by atoms with van der Waals surface area (Å²) in [4.78, 5) is 36.3. The van der Waals surface area contributed by atoms with E-state index in [1.807, 2.05) is 42.5 Å². The molecule has 5 rings (SSSR count). The van der Waals surface area contributed by atoms with Gasteiger partial charge in [0.05, 0.1) is 11.7 Å². The summed E-state index contributed by atoms with van der Waals surface area (Å²) in [6.07, 6.45) is 4.55. The van der Waals surface area contributed by atoms with E-state index in [2.05, 4.69) is 43.0 Å². The summed E-state index contributed by atoms with van der Waals surface area (Å²) in [6, 6.07) is 17.6. The zero-order valence-corrected chi connectivity index (χ0v) is 19.5. The lowest BCUT2D eigenvalue weighted by molar-refractivity contribution is -0.118. The maximum absolute atomic E-state index is 12.3. The van der Waals surface area contributed by atoms with Gasteiger partial charge in [0, 0.05) is 55.0 Å². The average molecular weight is 472 g/mol. The van der Waals surface area contributed by atoms with Gasteiger partial charge in [-0.05, 0) is 61.9 Å². The van der Waals surface area contributed by atoms with Crippen molar-refractivity contribution < 1.29 is 9.59 Å². The van der Waals surface area contributed by atoms with Crippen molar-refractivity contribution in [3.05, 3.63) is 60.8 Å². The van der Waals surface area contributed by atoms with E-state index >= 15 is 0 Å². The molecule has 9 nitrogen and oxygen atoms in total. The Bertz CT molecular complexity index is 1150. The summed E-state index contributed by atoms with van der Waals surface area (Å²) in [5.41, 5.74) is 4.54. The summed E-state index contributed by atoms with van der Waals surface area (Å²) < 4.78 is 0. The Morgan fingerprint density at radius 3 is 2.40 bits per heavy atom. The monoisotopic (exact) mass is 471 g/mol. The maximum atomic E-state index is 12.3. The smallest absolute Gasteiger partial charge is 0.241 e. The number of nitrogens with one attached hydrogen (secondary N) is 3. The molecule has 1 atom stereocenters. The lowest BCUT2D eigenvalue weighted by Gasteiger charge is -2.34. The molecular formula is C26H29N7O2. The van der Waals surface area contributed by atoms with Gasteiger partial charge in [0.15, 0.2) is 0 Å². The Kier molecular flexibility index (Phi) is 6.85. The predicted molar refractivity (Wildman–Crippen MR) is 137 cm³/mol. The Labute approximate surface area is 204 Å². The fourth-order valence-electron chi connectivity index (χ4n) is 4.41. The molecule has 9 heteroatoms. The molecule has 0 radical (unpaired) electrons. The standard InChI is InChI=1S/C26H29N7O2/c34-18-32-14-16-33(17-15-32)22-9-7-21(8-10-22)30-26-28-13-11-23(31-26)19-3-5-20(6-4-19)29-25(35)24-2-1-12-27-24/h3-11,13,18,24,27H,1-2,12,14-17H2,(H,29,35)(H,28,30,31)/t24-/m0/s1. The SMILES string of the molecule is O=CN1CCN(c2ccc(Nc3nccc(-c4ccc(NC(=O)[C@@H]5CCCN5)cc4)n3)cc2)CC1. The number of carbonyl (C=O) groups is 2. The molecule has 0 spiro atoms. The molecule has 3 heterocycles. The van der Waals surface area contributed by atoms with E-state index in [0.29, 0.717) is 5.95 Å². The summed E-state index contributed by atoms with van der Waals surface area (Å²) in [6.45, 7) is 4.04. The van der Waals surface area contributed by atoms with Gasteiger partial charge >= 0.3 is 0 Å². The van der Waals surface area contributed by atoms with E-state index in [1.54, 1.807) is 11.1 Å². The van der Waals surface area contributed by atoms with Gasteiger partial charge in [0.1, 0.15) is 0 Å². The van der Waals surface area contributed by atoms with Crippen LogP contribution in [0, 0.1) is 0 Å². The van der Waals surface area contributed by atoms with Crippen LogP contribution in [0.4, 0.5) is 23.0 Å². The van der Waals surface area contributed by atoms with E-state index in [4.69, 9.17) is 0 Å². The van der Waals surface area contributed by atoms with E-state index in [0.717, 1.165) is 80.3 Å². The second kappa shape index (κ2) is 10.5. The lowest BCUT2D eigenvalue weighted by Crippen LogP contribution is -2.45. The fourth-order valence-corrected chi connectivity index (χ4v) is 4.41. The van der Waals surface area contributed by atoms with Crippen molar-refractivity contribution in [2.24, 2.45) is 0 Å². The van der Waals surface area contributed by atoms with Gasteiger partial charge in [-0.1, -0.05) is 12.1 Å². The Balaban J connectivity index is 1.20. The van der Waals surface area contributed by atoms with Gasteiger partial charge in [-0.2, -0.15) is 0 Å². The summed E-state index contributed by atoms with van der Waals surface area (Å²) >= 11 is 0. The number of anilines is 4. The second-order valence-corrected chi connectivity index (χ2v) is 8.78. The molecule has 3 aromatic rings. The third-order valence-corrected chi connectivity index (χ3v) is 6.43. The molecule has 0 aliphatic carbocycles. The Hall–Kier alpha value is -3.98. The minimum absolute atomic E-state index is 0.0120. The predicted octanol–water partition coefficient (Wildman–Crippen LogP) is 2.86. The minimum atomic E-state index is -0.105. The van der Waals surface area contributed by atoms with Crippen molar-refractivity contribution in [2.45, 2.75) is 18.9 Å². The lowest BCUT2D eigenvalue weighted by atomic mass is 10.1. The first-order valence-electron chi connectivity index (χ1n) is 12.0. The number of benzene rings is 2. The normalized spacial score (nSPS) is 17.8. The zero-order chi connectivity index (χ0) is 24.0. The molecule has 0 unspecified atom stereocenters. The maximum Gasteiger partial charge on any atom is 0.241 e. The van der Waals surface area contributed by atoms with Gasteiger partial charge in [-0.15, -0.1) is 0 Å².